The van der Waals surface area contributed by atoms with E-state index in [0.717, 1.165) is 49.6 Å². The molecular formula is C27H39N3O3. The number of benzene rings is 1. The van der Waals surface area contributed by atoms with Crippen molar-refractivity contribution in [2.75, 3.05) is 27.4 Å². The Kier molecular flexibility index (Phi) is 6.59. The van der Waals surface area contributed by atoms with Gasteiger partial charge >= 0.3 is 0 Å². The lowest BCUT2D eigenvalue weighted by Gasteiger charge is -2.32. The van der Waals surface area contributed by atoms with E-state index in [2.05, 4.69) is 51.3 Å². The fraction of sp³-hybridized carbons (Fsp3) is 0.630. The lowest BCUT2D eigenvalue weighted by Crippen LogP contribution is -2.43. The van der Waals surface area contributed by atoms with Crippen LogP contribution >= 0.6 is 0 Å². The highest BCUT2D eigenvalue weighted by atomic mass is 16.5. The van der Waals surface area contributed by atoms with Crippen LogP contribution in [0.2, 0.25) is 0 Å². The third-order valence-electron chi connectivity index (χ3n) is 7.06. The van der Waals surface area contributed by atoms with Crippen molar-refractivity contribution in [3.8, 4) is 11.4 Å². The molecule has 0 aliphatic carbocycles. The van der Waals surface area contributed by atoms with Crippen molar-refractivity contribution in [3.05, 3.63) is 40.5 Å². The molecule has 1 saturated heterocycles. The van der Waals surface area contributed by atoms with Gasteiger partial charge in [-0.2, -0.15) is 0 Å². The number of rotatable bonds is 6. The van der Waals surface area contributed by atoms with Gasteiger partial charge in [0.15, 0.2) is 0 Å². The van der Waals surface area contributed by atoms with Crippen LogP contribution in [0.5, 0.6) is 5.75 Å². The first-order chi connectivity index (χ1) is 15.6. The number of amides is 1. The minimum Gasteiger partial charge on any atom is -0.496 e. The minimum absolute atomic E-state index is 0.110. The van der Waals surface area contributed by atoms with E-state index in [-0.39, 0.29) is 17.4 Å². The second-order valence-electron chi connectivity index (χ2n) is 11.0. The summed E-state index contributed by atoms with van der Waals surface area (Å²) in [5, 5.41) is 0. The molecule has 1 aromatic heterocycles. The number of aryl methyl sites for hydroxylation is 1. The quantitative estimate of drug-likeness (QED) is 0.647. The maximum absolute atomic E-state index is 13.1. The molecule has 4 rings (SSSR count). The molecule has 1 unspecified atom stereocenters. The number of fused-ring (bicyclic) bond motifs is 3. The van der Waals surface area contributed by atoms with Crippen LogP contribution in [0.25, 0.3) is 5.69 Å². The van der Waals surface area contributed by atoms with E-state index in [1.807, 2.05) is 11.9 Å². The lowest BCUT2D eigenvalue weighted by molar-refractivity contribution is -0.133. The van der Waals surface area contributed by atoms with E-state index in [1.54, 1.807) is 7.11 Å². The lowest BCUT2D eigenvalue weighted by atomic mass is 9.94. The van der Waals surface area contributed by atoms with Crippen molar-refractivity contribution in [2.24, 2.45) is 5.92 Å². The minimum atomic E-state index is -0.214. The molecule has 0 radical (unpaired) electrons. The van der Waals surface area contributed by atoms with Crippen molar-refractivity contribution in [1.82, 2.24) is 14.5 Å². The fourth-order valence-electron chi connectivity index (χ4n) is 4.94. The Bertz CT molecular complexity index is 1030. The highest BCUT2D eigenvalue weighted by Gasteiger charge is 2.32. The zero-order valence-electron chi connectivity index (χ0n) is 21.3. The Morgan fingerprint density at radius 3 is 2.67 bits per heavy atom. The highest BCUT2D eigenvalue weighted by Crippen LogP contribution is 2.38. The standard InChI is InChI=1S/C27H39N3O3/c1-17(2)12-20-13-23-18(14-24(20)32-7)8-9-22-21(15-25(31)29(6)27(3,4)5)28-26(30(22)23)19-10-11-33-16-19/h13-14,17,19H,8-12,15-16H2,1-7H3. The van der Waals surface area contributed by atoms with Crippen molar-refractivity contribution < 1.29 is 14.3 Å². The molecule has 180 valence electrons. The van der Waals surface area contributed by atoms with Gasteiger partial charge in [0.1, 0.15) is 11.6 Å². The Morgan fingerprint density at radius 1 is 1.30 bits per heavy atom. The average Bonchev–Trinajstić information content (AvgIpc) is 3.40. The van der Waals surface area contributed by atoms with Gasteiger partial charge in [0.2, 0.25) is 5.91 Å². The third-order valence-corrected chi connectivity index (χ3v) is 7.06. The number of hydrogen-bond acceptors (Lipinski definition) is 4. The predicted molar refractivity (Wildman–Crippen MR) is 130 cm³/mol. The molecule has 0 spiro atoms. The van der Waals surface area contributed by atoms with Crippen molar-refractivity contribution in [1.29, 1.82) is 0 Å². The number of carbonyl (C=O) groups is 1. The van der Waals surface area contributed by atoms with Crippen LogP contribution in [0.3, 0.4) is 0 Å². The summed E-state index contributed by atoms with van der Waals surface area (Å²) >= 11 is 0. The Hall–Kier alpha value is -2.34. The molecular weight excluding hydrogens is 414 g/mol. The number of likely N-dealkylation sites (N-methyl/N-ethyl adjacent to an activating group) is 1. The number of methoxy groups -OCH3 is 1. The number of imidazole rings is 1. The SMILES string of the molecule is COc1cc2c(cc1CC(C)C)-n1c(C3CCOC3)nc(CC(=O)N(C)C(C)(C)C)c1CC2. The van der Waals surface area contributed by atoms with E-state index in [1.165, 1.54) is 22.5 Å². The normalized spacial score (nSPS) is 17.8. The van der Waals surface area contributed by atoms with Crippen LogP contribution in [0.1, 0.15) is 75.3 Å². The molecule has 6 heteroatoms. The molecule has 0 bridgehead atoms. The van der Waals surface area contributed by atoms with Crippen molar-refractivity contribution in [2.45, 2.75) is 78.2 Å². The van der Waals surface area contributed by atoms with Crippen molar-refractivity contribution >= 4 is 5.91 Å². The van der Waals surface area contributed by atoms with Gasteiger partial charge in [-0.25, -0.2) is 4.98 Å². The summed E-state index contributed by atoms with van der Waals surface area (Å²) in [5.41, 5.74) is 5.60. The van der Waals surface area contributed by atoms with E-state index in [0.29, 0.717) is 18.9 Å². The molecule has 1 amide bonds. The molecule has 0 N–H and O–H groups in total. The number of carbonyl (C=O) groups excluding carboxylic acids is 1. The second-order valence-corrected chi connectivity index (χ2v) is 11.0. The zero-order valence-corrected chi connectivity index (χ0v) is 21.3. The number of aromatic nitrogens is 2. The molecule has 1 atom stereocenters. The van der Waals surface area contributed by atoms with Crippen LogP contribution in [0, 0.1) is 5.92 Å². The van der Waals surface area contributed by atoms with Gasteiger partial charge in [-0.3, -0.25) is 9.36 Å². The van der Waals surface area contributed by atoms with Gasteiger partial charge in [0.25, 0.3) is 0 Å². The predicted octanol–water partition coefficient (Wildman–Crippen LogP) is 4.48. The van der Waals surface area contributed by atoms with Crippen LogP contribution in [0.4, 0.5) is 0 Å². The summed E-state index contributed by atoms with van der Waals surface area (Å²) in [6.07, 6.45) is 4.07. The summed E-state index contributed by atoms with van der Waals surface area (Å²) < 4.78 is 13.8. The first kappa shape index (κ1) is 23.8. The zero-order chi connectivity index (χ0) is 23.9. The first-order valence-corrected chi connectivity index (χ1v) is 12.2. The number of ether oxygens (including phenoxy) is 2. The summed E-state index contributed by atoms with van der Waals surface area (Å²) in [6, 6.07) is 4.51. The maximum Gasteiger partial charge on any atom is 0.228 e. The van der Waals surface area contributed by atoms with Gasteiger partial charge in [-0.1, -0.05) is 13.8 Å². The molecule has 33 heavy (non-hydrogen) atoms. The highest BCUT2D eigenvalue weighted by molar-refractivity contribution is 5.79. The largest absolute Gasteiger partial charge is 0.496 e. The van der Waals surface area contributed by atoms with E-state index in [4.69, 9.17) is 14.5 Å². The van der Waals surface area contributed by atoms with E-state index >= 15 is 0 Å². The van der Waals surface area contributed by atoms with Crippen molar-refractivity contribution in [3.63, 3.8) is 0 Å². The summed E-state index contributed by atoms with van der Waals surface area (Å²) in [7, 11) is 3.64. The Balaban J connectivity index is 1.81. The summed E-state index contributed by atoms with van der Waals surface area (Å²) in [5.74, 6) is 2.92. The molecule has 2 aromatic rings. The average molecular weight is 454 g/mol. The van der Waals surface area contributed by atoms with E-state index < -0.39 is 0 Å². The second kappa shape index (κ2) is 9.13. The molecule has 1 aromatic carbocycles. The molecule has 2 aliphatic heterocycles. The van der Waals surface area contributed by atoms with Gasteiger partial charge in [-0.15, -0.1) is 0 Å². The molecule has 2 aliphatic rings. The van der Waals surface area contributed by atoms with Gasteiger partial charge in [-0.05, 0) is 75.6 Å². The topological polar surface area (TPSA) is 56.6 Å². The van der Waals surface area contributed by atoms with Gasteiger partial charge < -0.3 is 14.4 Å². The number of hydrogen-bond donors (Lipinski definition) is 0. The smallest absolute Gasteiger partial charge is 0.228 e. The summed E-state index contributed by atoms with van der Waals surface area (Å²) in [4.78, 5) is 20.1. The molecule has 3 heterocycles. The monoisotopic (exact) mass is 453 g/mol. The van der Waals surface area contributed by atoms with Gasteiger partial charge in [0.05, 0.1) is 31.5 Å². The fourth-order valence-corrected chi connectivity index (χ4v) is 4.94. The van der Waals surface area contributed by atoms with Crippen LogP contribution in [0.15, 0.2) is 12.1 Å². The first-order valence-electron chi connectivity index (χ1n) is 12.2. The van der Waals surface area contributed by atoms with Gasteiger partial charge in [0, 0.05) is 30.8 Å². The molecule has 1 fully saturated rings. The maximum atomic E-state index is 13.1. The third kappa shape index (κ3) is 4.68. The molecule has 0 saturated carbocycles. The van der Waals surface area contributed by atoms with Crippen LogP contribution in [-0.2, 0) is 35.2 Å². The van der Waals surface area contributed by atoms with Crippen LogP contribution < -0.4 is 4.74 Å². The Labute approximate surface area is 198 Å². The molecule has 6 nitrogen and oxygen atoms in total. The summed E-state index contributed by atoms with van der Waals surface area (Å²) in [6.45, 7) is 12.1. The van der Waals surface area contributed by atoms with Crippen LogP contribution in [-0.4, -0.2) is 53.3 Å². The van der Waals surface area contributed by atoms with E-state index in [9.17, 15) is 4.79 Å². The Morgan fingerprint density at radius 2 is 2.06 bits per heavy atom. The number of nitrogens with zero attached hydrogens (tertiary/aromatic N) is 3.